The Kier molecular flexibility index (Phi) is 4.90. The monoisotopic (exact) mass is 284 g/mol. The van der Waals surface area contributed by atoms with Crippen LogP contribution in [-0.2, 0) is 14.3 Å². The highest BCUT2D eigenvalue weighted by atomic mass is 32.1. The molecule has 6 heteroatoms. The van der Waals surface area contributed by atoms with E-state index in [2.05, 4.69) is 10.3 Å². The molecule has 2 rings (SSSR count). The van der Waals surface area contributed by atoms with Crippen LogP contribution in [0.3, 0.4) is 0 Å². The molecule has 1 aromatic heterocycles. The highest BCUT2D eigenvalue weighted by molar-refractivity contribution is 7.16. The predicted molar refractivity (Wildman–Crippen MR) is 74.6 cm³/mol. The van der Waals surface area contributed by atoms with Crippen LogP contribution in [0.15, 0.2) is 0 Å². The van der Waals surface area contributed by atoms with Crippen molar-refractivity contribution < 1.29 is 14.3 Å². The Morgan fingerprint density at radius 3 is 3.00 bits per heavy atom. The highest BCUT2D eigenvalue weighted by Crippen LogP contribution is 2.23. The van der Waals surface area contributed by atoms with Gasteiger partial charge in [0, 0.05) is 6.61 Å². The van der Waals surface area contributed by atoms with Crippen LogP contribution in [0.25, 0.3) is 0 Å². The summed E-state index contributed by atoms with van der Waals surface area (Å²) in [6.45, 7) is 6.85. The summed E-state index contributed by atoms with van der Waals surface area (Å²) in [7, 11) is 0. The fraction of sp³-hybridized carbons (Fsp3) is 0.692. The number of carbonyl (C=O) groups is 1. The Morgan fingerprint density at radius 2 is 2.42 bits per heavy atom. The maximum absolute atomic E-state index is 12.0. The minimum Gasteiger partial charge on any atom is -0.376 e. The molecule has 1 fully saturated rings. The van der Waals surface area contributed by atoms with E-state index in [1.807, 2.05) is 13.8 Å². The second-order valence-electron chi connectivity index (χ2n) is 4.75. The van der Waals surface area contributed by atoms with Crippen molar-refractivity contribution in [2.75, 3.05) is 18.5 Å². The number of hydrogen-bond donors (Lipinski definition) is 1. The lowest BCUT2D eigenvalue weighted by molar-refractivity contribution is -0.128. The van der Waals surface area contributed by atoms with E-state index in [1.165, 1.54) is 11.3 Å². The molecule has 2 atom stereocenters. The summed E-state index contributed by atoms with van der Waals surface area (Å²) < 4.78 is 11.0. The zero-order valence-corrected chi connectivity index (χ0v) is 12.4. The van der Waals surface area contributed by atoms with Gasteiger partial charge in [-0.25, -0.2) is 4.98 Å². The quantitative estimate of drug-likeness (QED) is 0.901. The zero-order chi connectivity index (χ0) is 13.8. The minimum absolute atomic E-state index is 0.134. The highest BCUT2D eigenvalue weighted by Gasteiger charge is 2.20. The van der Waals surface area contributed by atoms with Crippen molar-refractivity contribution in [2.45, 2.75) is 45.8 Å². The lowest BCUT2D eigenvalue weighted by Crippen LogP contribution is -2.30. The first-order chi connectivity index (χ1) is 9.06. The minimum atomic E-state index is -0.481. The van der Waals surface area contributed by atoms with Crippen molar-refractivity contribution in [1.29, 1.82) is 0 Å². The second kappa shape index (κ2) is 6.45. The average molecular weight is 284 g/mol. The second-order valence-corrected chi connectivity index (χ2v) is 5.95. The first kappa shape index (κ1) is 14.4. The van der Waals surface area contributed by atoms with Gasteiger partial charge in [-0.05, 0) is 33.6 Å². The first-order valence-corrected chi connectivity index (χ1v) is 7.36. The molecule has 1 N–H and O–H groups in total. The van der Waals surface area contributed by atoms with Crippen molar-refractivity contribution in [2.24, 2.45) is 0 Å². The zero-order valence-electron chi connectivity index (χ0n) is 11.6. The molecule has 0 bridgehead atoms. The van der Waals surface area contributed by atoms with Gasteiger partial charge in [0.05, 0.1) is 23.4 Å². The SMILES string of the molecule is Cc1nc(C)c(NC(=O)[C@@H](C)OC[C@H]2CCCO2)s1. The number of hydrogen-bond acceptors (Lipinski definition) is 5. The maximum Gasteiger partial charge on any atom is 0.253 e. The number of amides is 1. The van der Waals surface area contributed by atoms with Crippen LogP contribution in [0.5, 0.6) is 0 Å². The molecule has 1 saturated heterocycles. The molecule has 0 radical (unpaired) electrons. The van der Waals surface area contributed by atoms with Crippen LogP contribution in [0.1, 0.15) is 30.5 Å². The number of carbonyl (C=O) groups excluding carboxylic acids is 1. The van der Waals surface area contributed by atoms with Crippen LogP contribution < -0.4 is 5.32 Å². The maximum atomic E-state index is 12.0. The van der Waals surface area contributed by atoms with E-state index in [9.17, 15) is 4.79 Å². The summed E-state index contributed by atoms with van der Waals surface area (Å²) in [5, 5.41) is 4.60. The van der Waals surface area contributed by atoms with Gasteiger partial charge in [-0.1, -0.05) is 0 Å². The average Bonchev–Trinajstić information content (AvgIpc) is 2.97. The van der Waals surface area contributed by atoms with Gasteiger partial charge in [-0.2, -0.15) is 0 Å². The lowest BCUT2D eigenvalue weighted by Gasteiger charge is -2.15. The third-order valence-electron chi connectivity index (χ3n) is 3.07. The number of aryl methyl sites for hydroxylation is 2. The van der Waals surface area contributed by atoms with E-state index in [-0.39, 0.29) is 12.0 Å². The number of aromatic nitrogens is 1. The van der Waals surface area contributed by atoms with E-state index in [0.717, 1.165) is 35.2 Å². The Balaban J connectivity index is 1.80. The summed E-state index contributed by atoms with van der Waals surface area (Å²) in [5.74, 6) is -0.134. The van der Waals surface area contributed by atoms with Crippen LogP contribution in [-0.4, -0.2) is 36.3 Å². The third kappa shape index (κ3) is 3.99. The topological polar surface area (TPSA) is 60.5 Å². The van der Waals surface area contributed by atoms with Gasteiger partial charge in [0.25, 0.3) is 5.91 Å². The lowest BCUT2D eigenvalue weighted by atomic mass is 10.2. The molecule has 2 heterocycles. The summed E-state index contributed by atoms with van der Waals surface area (Å²) in [4.78, 5) is 16.3. The molecular formula is C13H20N2O3S. The van der Waals surface area contributed by atoms with Gasteiger partial charge < -0.3 is 14.8 Å². The van der Waals surface area contributed by atoms with Crippen LogP contribution in [0, 0.1) is 13.8 Å². The van der Waals surface area contributed by atoms with Crippen molar-refractivity contribution >= 4 is 22.2 Å². The van der Waals surface area contributed by atoms with Crippen LogP contribution >= 0.6 is 11.3 Å². The smallest absolute Gasteiger partial charge is 0.253 e. The number of nitrogens with zero attached hydrogens (tertiary/aromatic N) is 1. The Hall–Kier alpha value is -0.980. The molecule has 19 heavy (non-hydrogen) atoms. The largest absolute Gasteiger partial charge is 0.376 e. The molecule has 106 valence electrons. The van der Waals surface area contributed by atoms with Crippen molar-refractivity contribution in [1.82, 2.24) is 4.98 Å². The molecular weight excluding hydrogens is 264 g/mol. The summed E-state index contributed by atoms with van der Waals surface area (Å²) in [6.07, 6.45) is 1.75. The van der Waals surface area contributed by atoms with Crippen LogP contribution in [0.4, 0.5) is 5.00 Å². The molecule has 0 saturated carbocycles. The van der Waals surface area contributed by atoms with Crippen molar-refractivity contribution in [3.05, 3.63) is 10.7 Å². The number of anilines is 1. The first-order valence-electron chi connectivity index (χ1n) is 6.54. The summed E-state index contributed by atoms with van der Waals surface area (Å²) >= 11 is 1.48. The normalized spacial score (nSPS) is 20.5. The Morgan fingerprint density at radius 1 is 1.63 bits per heavy atom. The Bertz CT molecular complexity index is 441. The van der Waals surface area contributed by atoms with Gasteiger partial charge >= 0.3 is 0 Å². The molecule has 0 aromatic carbocycles. The van der Waals surface area contributed by atoms with E-state index in [0.29, 0.717) is 6.61 Å². The van der Waals surface area contributed by atoms with E-state index in [4.69, 9.17) is 9.47 Å². The van der Waals surface area contributed by atoms with E-state index >= 15 is 0 Å². The summed E-state index contributed by atoms with van der Waals surface area (Å²) in [6, 6.07) is 0. The van der Waals surface area contributed by atoms with Gasteiger partial charge in [0.1, 0.15) is 11.1 Å². The fourth-order valence-corrected chi connectivity index (χ4v) is 2.79. The standard InChI is InChI=1S/C13H20N2O3S/c1-8-13(19-10(3)14-8)15-12(16)9(2)18-7-11-5-4-6-17-11/h9,11H,4-7H2,1-3H3,(H,15,16)/t9-,11-/m1/s1. The van der Waals surface area contributed by atoms with E-state index < -0.39 is 6.10 Å². The van der Waals surface area contributed by atoms with Gasteiger partial charge in [0.15, 0.2) is 0 Å². The van der Waals surface area contributed by atoms with Crippen molar-refractivity contribution in [3.8, 4) is 0 Å². The fourth-order valence-electron chi connectivity index (χ4n) is 1.96. The number of rotatable bonds is 5. The summed E-state index contributed by atoms with van der Waals surface area (Å²) in [5.41, 5.74) is 0.849. The van der Waals surface area contributed by atoms with Gasteiger partial charge in [-0.3, -0.25) is 4.79 Å². The molecule has 0 unspecified atom stereocenters. The molecule has 0 aliphatic carbocycles. The molecule has 1 aromatic rings. The van der Waals surface area contributed by atoms with E-state index in [1.54, 1.807) is 6.92 Å². The molecule has 1 aliphatic heterocycles. The van der Waals surface area contributed by atoms with Crippen molar-refractivity contribution in [3.63, 3.8) is 0 Å². The predicted octanol–water partition coefficient (Wildman–Crippen LogP) is 2.28. The number of ether oxygens (including phenoxy) is 2. The van der Waals surface area contributed by atoms with Crippen LogP contribution in [0.2, 0.25) is 0 Å². The molecule has 1 aliphatic rings. The third-order valence-corrected chi connectivity index (χ3v) is 4.05. The number of nitrogens with one attached hydrogen (secondary N) is 1. The Labute approximate surface area is 117 Å². The molecule has 0 spiro atoms. The number of thiazole rings is 1. The van der Waals surface area contributed by atoms with Gasteiger partial charge in [0.2, 0.25) is 0 Å². The molecule has 5 nitrogen and oxygen atoms in total. The molecule has 1 amide bonds. The van der Waals surface area contributed by atoms with Gasteiger partial charge in [-0.15, -0.1) is 11.3 Å².